The maximum Gasteiger partial charge on any atom is 0.315 e. The number of carbonyl (C=O) groups excluding carboxylic acids is 1. The van der Waals surface area contributed by atoms with Crippen molar-refractivity contribution in [1.82, 2.24) is 0 Å². The number of aliphatic imine (C=N–C) groups is 1. The highest BCUT2D eigenvalue weighted by atomic mass is 16.5. The van der Waals surface area contributed by atoms with E-state index in [-0.39, 0.29) is 11.9 Å². The summed E-state index contributed by atoms with van der Waals surface area (Å²) in [6.07, 6.45) is 8.43. The molecule has 1 heterocycles. The Morgan fingerprint density at radius 3 is 2.83 bits per heavy atom. The lowest BCUT2D eigenvalue weighted by atomic mass is 10.0. The molecule has 0 fully saturated rings. The number of carbonyl (C=O) groups is 1. The van der Waals surface area contributed by atoms with Crippen LogP contribution in [-0.4, -0.2) is 18.7 Å². The molecule has 0 spiro atoms. The number of ether oxygens (including phenoxy) is 1. The monoisotopic (exact) mass is 328 g/mol. The highest BCUT2D eigenvalue weighted by molar-refractivity contribution is 5.75. The SMILES string of the molecule is CCCc1cccc(N2C=C(OC(=O)C(CC)CCC)N=CC2)c1. The van der Waals surface area contributed by atoms with Gasteiger partial charge in [0.1, 0.15) is 0 Å². The smallest absolute Gasteiger partial charge is 0.315 e. The predicted octanol–water partition coefficient (Wildman–Crippen LogP) is 4.70. The van der Waals surface area contributed by atoms with Crippen LogP contribution in [0.1, 0.15) is 52.0 Å². The van der Waals surface area contributed by atoms with Gasteiger partial charge in [-0.1, -0.05) is 45.7 Å². The fourth-order valence-corrected chi connectivity index (χ4v) is 2.87. The van der Waals surface area contributed by atoms with Crippen LogP contribution >= 0.6 is 0 Å². The van der Waals surface area contributed by atoms with Gasteiger partial charge < -0.3 is 9.64 Å². The van der Waals surface area contributed by atoms with Gasteiger partial charge in [-0.15, -0.1) is 0 Å². The summed E-state index contributed by atoms with van der Waals surface area (Å²) in [6, 6.07) is 8.47. The first kappa shape index (κ1) is 18.2. The molecule has 0 saturated heterocycles. The first-order chi connectivity index (χ1) is 11.7. The van der Waals surface area contributed by atoms with E-state index in [4.69, 9.17) is 4.74 Å². The predicted molar refractivity (Wildman–Crippen MR) is 99.1 cm³/mol. The van der Waals surface area contributed by atoms with Crippen LogP contribution in [0.3, 0.4) is 0 Å². The van der Waals surface area contributed by atoms with Crippen LogP contribution in [0.2, 0.25) is 0 Å². The Balaban J connectivity index is 2.08. The highest BCUT2D eigenvalue weighted by Crippen LogP contribution is 2.22. The maximum absolute atomic E-state index is 12.3. The molecule has 4 heteroatoms. The third-order valence-electron chi connectivity index (χ3n) is 4.21. The van der Waals surface area contributed by atoms with E-state index in [0.717, 1.165) is 37.8 Å². The molecule has 0 bridgehead atoms. The number of rotatable bonds is 8. The van der Waals surface area contributed by atoms with Gasteiger partial charge in [-0.05, 0) is 37.0 Å². The van der Waals surface area contributed by atoms with Crippen LogP contribution in [0.5, 0.6) is 0 Å². The molecule has 1 aromatic carbocycles. The van der Waals surface area contributed by atoms with Crippen molar-refractivity contribution in [3.05, 3.63) is 41.9 Å². The molecule has 0 aromatic heterocycles. The van der Waals surface area contributed by atoms with Crippen LogP contribution in [-0.2, 0) is 16.0 Å². The largest absolute Gasteiger partial charge is 0.406 e. The first-order valence-electron chi connectivity index (χ1n) is 8.99. The second kappa shape index (κ2) is 9.26. The van der Waals surface area contributed by atoms with Crippen molar-refractivity contribution in [2.45, 2.75) is 52.9 Å². The van der Waals surface area contributed by atoms with E-state index in [9.17, 15) is 4.79 Å². The van der Waals surface area contributed by atoms with Gasteiger partial charge in [-0.3, -0.25) is 4.79 Å². The lowest BCUT2D eigenvalue weighted by molar-refractivity contribution is -0.144. The van der Waals surface area contributed by atoms with Crippen molar-refractivity contribution in [3.8, 4) is 0 Å². The topological polar surface area (TPSA) is 41.9 Å². The van der Waals surface area contributed by atoms with Crippen LogP contribution < -0.4 is 4.90 Å². The van der Waals surface area contributed by atoms with Crippen molar-refractivity contribution < 1.29 is 9.53 Å². The number of aryl methyl sites for hydroxylation is 1. The number of esters is 1. The molecule has 0 amide bonds. The second-order valence-corrected chi connectivity index (χ2v) is 6.17. The lowest BCUT2D eigenvalue weighted by Gasteiger charge is -2.23. The standard InChI is InChI=1S/C20H28N2O2/c1-4-8-16-10-7-11-18(14-16)22-13-12-21-19(15-22)24-20(23)17(6-3)9-5-2/h7,10-12,14-15,17H,4-6,8-9,13H2,1-3H3. The summed E-state index contributed by atoms with van der Waals surface area (Å²) < 4.78 is 5.51. The van der Waals surface area contributed by atoms with Gasteiger partial charge >= 0.3 is 5.97 Å². The minimum atomic E-state index is -0.177. The Bertz CT molecular complexity index is 607. The van der Waals surface area contributed by atoms with Crippen molar-refractivity contribution in [3.63, 3.8) is 0 Å². The van der Waals surface area contributed by atoms with Gasteiger partial charge in [0.2, 0.25) is 5.88 Å². The van der Waals surface area contributed by atoms with Crippen molar-refractivity contribution in [2.75, 3.05) is 11.4 Å². The van der Waals surface area contributed by atoms with Crippen molar-refractivity contribution in [1.29, 1.82) is 0 Å². The van der Waals surface area contributed by atoms with Gasteiger partial charge in [-0.25, -0.2) is 4.99 Å². The van der Waals surface area contributed by atoms with Gasteiger partial charge in [0.05, 0.1) is 18.7 Å². The zero-order chi connectivity index (χ0) is 17.4. The molecule has 4 nitrogen and oxygen atoms in total. The van der Waals surface area contributed by atoms with E-state index in [2.05, 4.69) is 48.0 Å². The lowest BCUT2D eigenvalue weighted by Crippen LogP contribution is -2.24. The molecule has 0 saturated carbocycles. The maximum atomic E-state index is 12.3. The second-order valence-electron chi connectivity index (χ2n) is 6.17. The van der Waals surface area contributed by atoms with Crippen molar-refractivity contribution in [2.24, 2.45) is 10.9 Å². The Hall–Kier alpha value is -2.10. The zero-order valence-electron chi connectivity index (χ0n) is 15.0. The fraction of sp³-hybridized carbons (Fsp3) is 0.500. The van der Waals surface area contributed by atoms with E-state index in [1.165, 1.54) is 5.56 Å². The molecule has 130 valence electrons. The third kappa shape index (κ3) is 4.95. The average Bonchev–Trinajstić information content (AvgIpc) is 2.60. The van der Waals surface area contributed by atoms with Gasteiger partial charge in [0.15, 0.2) is 0 Å². The van der Waals surface area contributed by atoms with Gasteiger partial charge in [0, 0.05) is 11.9 Å². The average molecular weight is 328 g/mol. The highest BCUT2D eigenvalue weighted by Gasteiger charge is 2.20. The molecular weight excluding hydrogens is 300 g/mol. The first-order valence-corrected chi connectivity index (χ1v) is 8.99. The van der Waals surface area contributed by atoms with Crippen LogP contribution in [0, 0.1) is 5.92 Å². The summed E-state index contributed by atoms with van der Waals surface area (Å²) in [4.78, 5) is 18.6. The minimum Gasteiger partial charge on any atom is -0.406 e. The molecule has 2 rings (SSSR count). The Morgan fingerprint density at radius 2 is 2.12 bits per heavy atom. The number of benzene rings is 1. The molecule has 0 N–H and O–H groups in total. The van der Waals surface area contributed by atoms with Crippen LogP contribution in [0.15, 0.2) is 41.3 Å². The number of hydrogen-bond acceptors (Lipinski definition) is 4. The summed E-state index contributed by atoms with van der Waals surface area (Å²) in [7, 11) is 0. The zero-order valence-corrected chi connectivity index (χ0v) is 15.0. The molecule has 1 aromatic rings. The van der Waals surface area contributed by atoms with Crippen molar-refractivity contribution >= 4 is 17.9 Å². The van der Waals surface area contributed by atoms with Crippen LogP contribution in [0.4, 0.5) is 5.69 Å². The summed E-state index contributed by atoms with van der Waals surface area (Å²) >= 11 is 0. The van der Waals surface area contributed by atoms with E-state index in [0.29, 0.717) is 12.4 Å². The molecule has 0 aliphatic carbocycles. The fourth-order valence-electron chi connectivity index (χ4n) is 2.87. The minimum absolute atomic E-state index is 0.0469. The summed E-state index contributed by atoms with van der Waals surface area (Å²) in [5.74, 6) is 0.153. The summed E-state index contributed by atoms with van der Waals surface area (Å²) in [5, 5.41) is 0. The summed E-state index contributed by atoms with van der Waals surface area (Å²) in [5.41, 5.74) is 2.42. The quantitative estimate of drug-likeness (QED) is 0.650. The Morgan fingerprint density at radius 1 is 1.29 bits per heavy atom. The number of hydrogen-bond donors (Lipinski definition) is 0. The summed E-state index contributed by atoms with van der Waals surface area (Å²) in [6.45, 7) is 6.96. The molecule has 1 aliphatic heterocycles. The van der Waals surface area contributed by atoms with E-state index in [1.807, 2.05) is 13.1 Å². The molecule has 1 atom stereocenters. The number of anilines is 1. The Labute approximate surface area is 145 Å². The van der Waals surface area contributed by atoms with E-state index in [1.54, 1.807) is 6.21 Å². The third-order valence-corrected chi connectivity index (χ3v) is 4.21. The van der Waals surface area contributed by atoms with Crippen LogP contribution in [0.25, 0.3) is 0 Å². The molecule has 1 unspecified atom stereocenters. The molecule has 24 heavy (non-hydrogen) atoms. The van der Waals surface area contributed by atoms with Gasteiger partial charge in [-0.2, -0.15) is 0 Å². The molecule has 1 aliphatic rings. The Kier molecular flexibility index (Phi) is 7.04. The van der Waals surface area contributed by atoms with Gasteiger partial charge in [0.25, 0.3) is 0 Å². The normalized spacial score (nSPS) is 15.1. The van der Waals surface area contributed by atoms with E-state index >= 15 is 0 Å². The van der Waals surface area contributed by atoms with E-state index < -0.39 is 0 Å². The number of nitrogens with zero attached hydrogens (tertiary/aromatic N) is 2. The molecular formula is C20H28N2O2. The molecule has 0 radical (unpaired) electrons.